The Morgan fingerprint density at radius 2 is 1.35 bits per heavy atom. The van der Waals surface area contributed by atoms with Crippen molar-refractivity contribution in [3.8, 4) is 0 Å². The second-order valence-corrected chi connectivity index (χ2v) is 11.5. The molecule has 2 fully saturated rings. The standard InChI is InChI=1S/C10H21O4Si.C5H9O4.2U/c1-7(2)15(3,4)14-6-9-10(12)8(11)5-13-9;6-1-4-5(8)3(7)2-9-4;;/h5,7-12H,6H2,1-4H3;2-8H,1H2;;/q2*-1;;. The maximum Gasteiger partial charge on any atom is 0.189 e. The van der Waals surface area contributed by atoms with Crippen LogP contribution in [0.5, 0.6) is 0 Å². The summed E-state index contributed by atoms with van der Waals surface area (Å²) in [6.45, 7) is 11.0. The van der Waals surface area contributed by atoms with E-state index < -0.39 is 44.9 Å². The SMILES string of the molecule is CC(C)[Si](C)(C)OCC1O[CH-]C(O)C1O.OCC1O[CH-]C(O)C1O.[U].[U]. The molecule has 0 aliphatic carbocycles. The third kappa shape index (κ3) is 9.21. The Morgan fingerprint density at radius 3 is 1.62 bits per heavy atom. The number of aliphatic hydroxyl groups is 5. The smallest absolute Gasteiger partial charge is 0.189 e. The Kier molecular flexibility index (Phi) is 16.4. The van der Waals surface area contributed by atoms with Crippen molar-refractivity contribution in [1.82, 2.24) is 0 Å². The minimum absolute atomic E-state index is 0. The number of rotatable bonds is 5. The van der Waals surface area contributed by atoms with Crippen molar-refractivity contribution in [2.45, 2.75) is 69.1 Å². The van der Waals surface area contributed by atoms with E-state index >= 15 is 0 Å². The second-order valence-electron chi connectivity index (χ2n) is 6.84. The summed E-state index contributed by atoms with van der Waals surface area (Å²) in [6, 6.07) is 0. The monoisotopic (exact) mass is 842 g/mol. The van der Waals surface area contributed by atoms with E-state index in [0.29, 0.717) is 12.1 Å². The summed E-state index contributed by atoms with van der Waals surface area (Å²) in [4.78, 5) is 0. The zero-order valence-electron chi connectivity index (χ0n) is 15.6. The molecule has 2 saturated heterocycles. The van der Waals surface area contributed by atoms with Crippen LogP contribution in [0.4, 0.5) is 0 Å². The van der Waals surface area contributed by atoms with E-state index in [2.05, 4.69) is 31.7 Å². The molecular weight excluding hydrogens is 812 g/mol. The van der Waals surface area contributed by atoms with Crippen molar-refractivity contribution < 1.29 is 102 Å². The van der Waals surface area contributed by atoms with E-state index in [1.54, 1.807) is 0 Å². The van der Waals surface area contributed by atoms with Crippen molar-refractivity contribution in [3.63, 3.8) is 0 Å². The van der Waals surface area contributed by atoms with Gasteiger partial charge >= 0.3 is 0 Å². The third-order valence-corrected chi connectivity index (χ3v) is 8.13. The first-order valence-electron chi connectivity index (χ1n) is 8.04. The van der Waals surface area contributed by atoms with E-state index in [1.165, 1.54) is 6.61 Å². The molecule has 0 aromatic rings. The molecule has 2 aliphatic heterocycles. The summed E-state index contributed by atoms with van der Waals surface area (Å²) in [6.07, 6.45) is -4.76. The molecule has 0 amide bonds. The van der Waals surface area contributed by atoms with Gasteiger partial charge in [-0.05, 0) is 30.8 Å². The van der Waals surface area contributed by atoms with Crippen molar-refractivity contribution in [2.24, 2.45) is 0 Å². The molecule has 2 heterocycles. The van der Waals surface area contributed by atoms with Gasteiger partial charge in [-0.1, -0.05) is 13.8 Å². The topological polar surface area (TPSA) is 129 Å². The summed E-state index contributed by atoms with van der Waals surface area (Å²) in [7, 11) is -1.69. The fourth-order valence-corrected chi connectivity index (χ4v) is 2.80. The van der Waals surface area contributed by atoms with Gasteiger partial charge in [0.05, 0.1) is 37.6 Å². The quantitative estimate of drug-likeness (QED) is 0.180. The predicted octanol–water partition coefficient (Wildman–Crippen LogP) is -0.838. The van der Waals surface area contributed by atoms with Crippen LogP contribution in [0.25, 0.3) is 0 Å². The Morgan fingerprint density at radius 1 is 0.923 bits per heavy atom. The van der Waals surface area contributed by atoms with E-state index in [0.717, 1.165) is 6.61 Å². The molecule has 6 unspecified atom stereocenters. The molecule has 5 N–H and O–H groups in total. The van der Waals surface area contributed by atoms with Gasteiger partial charge in [-0.25, -0.2) is 0 Å². The zero-order valence-corrected chi connectivity index (χ0v) is 24.9. The Bertz CT molecular complexity index is 378. The molecule has 0 aromatic heterocycles. The minimum Gasteiger partial charge on any atom is -0.544 e. The van der Waals surface area contributed by atoms with Crippen LogP contribution < -0.4 is 0 Å². The van der Waals surface area contributed by atoms with Gasteiger partial charge in [0.15, 0.2) is 8.32 Å². The largest absolute Gasteiger partial charge is 0.544 e. The average molecular weight is 843 g/mol. The third-order valence-electron chi connectivity index (χ3n) is 4.44. The van der Waals surface area contributed by atoms with Gasteiger partial charge < -0.3 is 39.4 Å². The van der Waals surface area contributed by atoms with Crippen LogP contribution >= 0.6 is 0 Å². The summed E-state index contributed by atoms with van der Waals surface area (Å²) in [5.74, 6) is 0. The molecule has 26 heavy (non-hydrogen) atoms. The van der Waals surface area contributed by atoms with Crippen LogP contribution in [0.3, 0.4) is 0 Å². The first-order valence-corrected chi connectivity index (χ1v) is 11.0. The molecule has 11 heteroatoms. The van der Waals surface area contributed by atoms with Crippen LogP contribution in [0.2, 0.25) is 18.6 Å². The molecule has 2 aliphatic rings. The molecule has 2 rings (SSSR count). The van der Waals surface area contributed by atoms with Crippen molar-refractivity contribution in [1.29, 1.82) is 0 Å². The predicted molar refractivity (Wildman–Crippen MR) is 88.0 cm³/mol. The van der Waals surface area contributed by atoms with Crippen molar-refractivity contribution in [3.05, 3.63) is 13.2 Å². The second kappa shape index (κ2) is 14.1. The summed E-state index contributed by atoms with van der Waals surface area (Å²) in [5, 5.41) is 44.8. The molecule has 8 nitrogen and oxygen atoms in total. The first kappa shape index (κ1) is 30.2. The van der Waals surface area contributed by atoms with Gasteiger partial charge in [0.25, 0.3) is 0 Å². The van der Waals surface area contributed by atoms with E-state index in [1.807, 2.05) is 0 Å². The minimum atomic E-state index is -1.69. The molecule has 0 bridgehead atoms. The normalized spacial score (nSPS) is 33.9. The van der Waals surface area contributed by atoms with Crippen LogP contribution in [0, 0.1) is 75.4 Å². The van der Waals surface area contributed by atoms with E-state index in [-0.39, 0.29) is 68.8 Å². The molecule has 6 atom stereocenters. The number of hydrogen-bond acceptors (Lipinski definition) is 8. The van der Waals surface area contributed by atoms with Crippen molar-refractivity contribution in [2.75, 3.05) is 13.2 Å². The molecule has 0 spiro atoms. The Balaban J connectivity index is 0. The Hall–Kier alpha value is 2.00. The van der Waals surface area contributed by atoms with Crippen LogP contribution in [0.1, 0.15) is 13.8 Å². The fourth-order valence-electron chi connectivity index (χ4n) is 1.88. The molecule has 152 valence electrons. The number of hydrogen-bond donors (Lipinski definition) is 5. The van der Waals surface area contributed by atoms with Crippen molar-refractivity contribution >= 4 is 8.32 Å². The molecule has 0 aromatic carbocycles. The summed E-state index contributed by atoms with van der Waals surface area (Å²) < 4.78 is 15.6. The molecule has 0 saturated carbocycles. The number of ether oxygens (including phenoxy) is 2. The van der Waals surface area contributed by atoms with Gasteiger partial charge in [0, 0.05) is 62.2 Å². The van der Waals surface area contributed by atoms with Gasteiger partial charge in [0.1, 0.15) is 0 Å². The van der Waals surface area contributed by atoms with Gasteiger partial charge in [-0.15, -0.1) is 0 Å². The fraction of sp³-hybridized carbons (Fsp3) is 0.867. The molecular formula is C15H30O8SiU2-2. The van der Waals surface area contributed by atoms with Gasteiger partial charge in [0.2, 0.25) is 0 Å². The van der Waals surface area contributed by atoms with E-state index in [4.69, 9.17) is 24.5 Å². The van der Waals surface area contributed by atoms with Crippen LogP contribution in [-0.2, 0) is 13.9 Å². The maximum absolute atomic E-state index is 9.52. The summed E-state index contributed by atoms with van der Waals surface area (Å²) in [5.41, 5.74) is 0.518. The van der Waals surface area contributed by atoms with Crippen LogP contribution in [0.15, 0.2) is 0 Å². The van der Waals surface area contributed by atoms with Gasteiger partial charge in [-0.3, -0.25) is 0 Å². The zero-order chi connectivity index (χ0) is 18.5. The maximum atomic E-state index is 9.52. The first-order chi connectivity index (χ1) is 11.1. The number of aliphatic hydroxyl groups excluding tert-OH is 5. The summed E-state index contributed by atoms with van der Waals surface area (Å²) >= 11 is 0. The van der Waals surface area contributed by atoms with Crippen LogP contribution in [-0.4, -0.2) is 83.7 Å². The Labute approximate surface area is 203 Å². The van der Waals surface area contributed by atoms with Gasteiger partial charge in [-0.2, -0.15) is 13.2 Å². The van der Waals surface area contributed by atoms with E-state index in [9.17, 15) is 10.2 Å². The average Bonchev–Trinajstić information content (AvgIpc) is 3.02. The molecule has 0 radical (unpaired) electrons.